The Bertz CT molecular complexity index is 568. The molecule has 20 heavy (non-hydrogen) atoms. The molecule has 5 nitrogen and oxygen atoms in total. The summed E-state index contributed by atoms with van der Waals surface area (Å²) in [4.78, 5) is 6.33. The maximum Gasteiger partial charge on any atom is 0.194 e. The highest BCUT2D eigenvalue weighted by Crippen LogP contribution is 2.17. The number of hydrogen-bond acceptors (Lipinski definition) is 3. The minimum atomic E-state index is 0.587. The molecule has 0 fully saturated rings. The molecule has 2 rings (SSSR count). The van der Waals surface area contributed by atoms with Gasteiger partial charge in [0.1, 0.15) is 12.0 Å². The molecular weight excluding hydrogens is 320 g/mol. The van der Waals surface area contributed by atoms with Crippen LogP contribution in [0.25, 0.3) is 0 Å². The van der Waals surface area contributed by atoms with Crippen molar-refractivity contribution in [1.29, 1.82) is 0 Å². The fourth-order valence-electron chi connectivity index (χ4n) is 1.84. The van der Waals surface area contributed by atoms with Gasteiger partial charge >= 0.3 is 0 Å². The van der Waals surface area contributed by atoms with E-state index in [2.05, 4.69) is 42.4 Å². The van der Waals surface area contributed by atoms with E-state index in [-0.39, 0.29) is 0 Å². The van der Waals surface area contributed by atoms with Gasteiger partial charge in [-0.3, -0.25) is 4.99 Å². The molecule has 0 aliphatic rings. The number of rotatable bonds is 4. The molecule has 0 aliphatic carbocycles. The van der Waals surface area contributed by atoms with E-state index in [1.807, 2.05) is 31.3 Å². The van der Waals surface area contributed by atoms with Gasteiger partial charge in [0.2, 0.25) is 0 Å². The fourth-order valence-corrected chi connectivity index (χ4v) is 2.25. The van der Waals surface area contributed by atoms with Crippen LogP contribution in [0.4, 0.5) is 0 Å². The van der Waals surface area contributed by atoms with E-state index in [0.717, 1.165) is 22.7 Å². The van der Waals surface area contributed by atoms with Crippen LogP contribution in [0.1, 0.15) is 11.3 Å². The summed E-state index contributed by atoms with van der Waals surface area (Å²) in [5.41, 5.74) is 2.06. The third-order valence-electron chi connectivity index (χ3n) is 2.86. The molecule has 0 unspecified atom stereocenters. The summed E-state index contributed by atoms with van der Waals surface area (Å²) in [7, 11) is 3.76. The van der Waals surface area contributed by atoms with E-state index < -0.39 is 0 Å². The number of halogens is 1. The summed E-state index contributed by atoms with van der Waals surface area (Å²) in [6.07, 6.45) is 1.56. The number of aromatic nitrogens is 1. The Hall–Kier alpha value is -1.82. The molecule has 0 aliphatic heterocycles. The molecule has 0 saturated heterocycles. The molecule has 0 saturated carbocycles. The Morgan fingerprint density at radius 2 is 2.20 bits per heavy atom. The van der Waals surface area contributed by atoms with Gasteiger partial charge in [-0.05, 0) is 11.6 Å². The van der Waals surface area contributed by atoms with Crippen molar-refractivity contribution >= 4 is 21.9 Å². The van der Waals surface area contributed by atoms with Crippen molar-refractivity contribution < 1.29 is 4.52 Å². The number of benzene rings is 1. The molecular formula is C14H17BrN4O. The first-order valence-corrected chi connectivity index (χ1v) is 7.04. The van der Waals surface area contributed by atoms with Crippen molar-refractivity contribution in [1.82, 2.24) is 15.4 Å². The van der Waals surface area contributed by atoms with Crippen LogP contribution in [-0.4, -0.2) is 30.1 Å². The number of guanidine groups is 1. The first kappa shape index (κ1) is 14.6. The summed E-state index contributed by atoms with van der Waals surface area (Å²) in [6, 6.07) is 9.99. The second-order valence-electron chi connectivity index (χ2n) is 4.34. The Balaban J connectivity index is 1.95. The smallest absolute Gasteiger partial charge is 0.194 e. The van der Waals surface area contributed by atoms with Gasteiger partial charge < -0.3 is 14.7 Å². The number of nitrogens with zero attached hydrogens (tertiary/aromatic N) is 3. The Morgan fingerprint density at radius 1 is 1.40 bits per heavy atom. The third-order valence-corrected chi connectivity index (χ3v) is 3.63. The van der Waals surface area contributed by atoms with Crippen molar-refractivity contribution in [2.24, 2.45) is 4.99 Å². The van der Waals surface area contributed by atoms with Crippen LogP contribution in [0.15, 0.2) is 50.6 Å². The Kier molecular flexibility index (Phi) is 5.17. The predicted octanol–water partition coefficient (Wildman–Crippen LogP) is 2.64. The summed E-state index contributed by atoms with van der Waals surface area (Å²) in [6.45, 7) is 1.35. The van der Waals surface area contributed by atoms with Crippen molar-refractivity contribution in [3.8, 4) is 0 Å². The zero-order valence-corrected chi connectivity index (χ0v) is 13.1. The van der Waals surface area contributed by atoms with Crippen LogP contribution in [0.3, 0.4) is 0 Å². The van der Waals surface area contributed by atoms with Crippen molar-refractivity contribution in [2.45, 2.75) is 13.1 Å². The average molecular weight is 337 g/mol. The van der Waals surface area contributed by atoms with Gasteiger partial charge in [-0.1, -0.05) is 39.3 Å². The summed E-state index contributed by atoms with van der Waals surface area (Å²) >= 11 is 3.56. The molecule has 0 amide bonds. The lowest BCUT2D eigenvalue weighted by atomic mass is 10.2. The standard InChI is InChI=1S/C14H17BrN4O/c1-16-14(17-9-12-7-8-20-18-12)19(2)10-11-5-3-4-6-13(11)15/h3-8H,9-10H2,1-2H3,(H,16,17). The molecule has 1 aromatic heterocycles. The molecule has 1 N–H and O–H groups in total. The minimum Gasteiger partial charge on any atom is -0.364 e. The molecule has 0 atom stereocenters. The molecule has 6 heteroatoms. The van der Waals surface area contributed by atoms with Crippen LogP contribution in [0.2, 0.25) is 0 Å². The minimum absolute atomic E-state index is 0.587. The Labute approximate surface area is 126 Å². The number of nitrogens with one attached hydrogen (secondary N) is 1. The average Bonchev–Trinajstić information content (AvgIpc) is 2.95. The normalized spacial score (nSPS) is 11.4. The first-order chi connectivity index (χ1) is 9.70. The van der Waals surface area contributed by atoms with Gasteiger partial charge in [-0.25, -0.2) is 0 Å². The zero-order chi connectivity index (χ0) is 14.4. The highest BCUT2D eigenvalue weighted by atomic mass is 79.9. The lowest BCUT2D eigenvalue weighted by Gasteiger charge is -2.22. The maximum absolute atomic E-state index is 4.80. The van der Waals surface area contributed by atoms with Gasteiger partial charge in [0, 0.05) is 31.2 Å². The van der Waals surface area contributed by atoms with E-state index in [1.165, 1.54) is 5.56 Å². The van der Waals surface area contributed by atoms with Crippen molar-refractivity contribution in [3.05, 3.63) is 52.3 Å². The zero-order valence-electron chi connectivity index (χ0n) is 11.5. The number of hydrogen-bond donors (Lipinski definition) is 1. The van der Waals surface area contributed by atoms with Crippen LogP contribution >= 0.6 is 15.9 Å². The predicted molar refractivity (Wildman–Crippen MR) is 82.3 cm³/mol. The van der Waals surface area contributed by atoms with Crippen LogP contribution in [-0.2, 0) is 13.1 Å². The fraction of sp³-hybridized carbons (Fsp3) is 0.286. The molecule has 1 heterocycles. The lowest BCUT2D eigenvalue weighted by Crippen LogP contribution is -2.38. The summed E-state index contributed by atoms with van der Waals surface area (Å²) in [5.74, 6) is 0.809. The maximum atomic E-state index is 4.80. The van der Waals surface area contributed by atoms with E-state index in [1.54, 1.807) is 13.3 Å². The SMILES string of the molecule is CN=C(NCc1ccon1)N(C)Cc1ccccc1Br. The molecule has 106 valence electrons. The van der Waals surface area contributed by atoms with Gasteiger partial charge in [0.05, 0.1) is 6.54 Å². The van der Waals surface area contributed by atoms with Crippen molar-refractivity contribution in [2.75, 3.05) is 14.1 Å². The van der Waals surface area contributed by atoms with Crippen LogP contribution < -0.4 is 5.32 Å². The van der Waals surface area contributed by atoms with Crippen molar-refractivity contribution in [3.63, 3.8) is 0 Å². The highest BCUT2D eigenvalue weighted by molar-refractivity contribution is 9.10. The van der Waals surface area contributed by atoms with E-state index in [0.29, 0.717) is 6.54 Å². The van der Waals surface area contributed by atoms with Gasteiger partial charge in [0.25, 0.3) is 0 Å². The second-order valence-corrected chi connectivity index (χ2v) is 5.19. The molecule has 0 radical (unpaired) electrons. The summed E-state index contributed by atoms with van der Waals surface area (Å²) in [5, 5.41) is 7.11. The monoisotopic (exact) mass is 336 g/mol. The Morgan fingerprint density at radius 3 is 2.85 bits per heavy atom. The largest absolute Gasteiger partial charge is 0.364 e. The van der Waals surface area contributed by atoms with Crippen LogP contribution in [0, 0.1) is 0 Å². The molecule has 0 bridgehead atoms. The van der Waals surface area contributed by atoms with Gasteiger partial charge in [-0.2, -0.15) is 0 Å². The first-order valence-electron chi connectivity index (χ1n) is 6.25. The third kappa shape index (κ3) is 3.84. The second kappa shape index (κ2) is 7.09. The lowest BCUT2D eigenvalue weighted by molar-refractivity contribution is 0.409. The van der Waals surface area contributed by atoms with Gasteiger partial charge in [0.15, 0.2) is 5.96 Å². The van der Waals surface area contributed by atoms with E-state index in [4.69, 9.17) is 4.52 Å². The van der Waals surface area contributed by atoms with E-state index >= 15 is 0 Å². The molecule has 0 spiro atoms. The molecule has 1 aromatic carbocycles. The van der Waals surface area contributed by atoms with E-state index in [9.17, 15) is 0 Å². The molecule has 2 aromatic rings. The summed E-state index contributed by atoms with van der Waals surface area (Å²) < 4.78 is 5.90. The van der Waals surface area contributed by atoms with Gasteiger partial charge in [-0.15, -0.1) is 0 Å². The van der Waals surface area contributed by atoms with Crippen LogP contribution in [0.5, 0.6) is 0 Å². The number of aliphatic imine (C=N–C) groups is 1. The quantitative estimate of drug-likeness (QED) is 0.688. The topological polar surface area (TPSA) is 53.7 Å². The highest BCUT2D eigenvalue weighted by Gasteiger charge is 2.08.